The van der Waals surface area contributed by atoms with Gasteiger partial charge in [-0.3, -0.25) is 4.79 Å². The molecule has 1 aliphatic heterocycles. The second-order valence-electron chi connectivity index (χ2n) is 3.95. The van der Waals surface area contributed by atoms with E-state index in [1.807, 2.05) is 6.92 Å². The fourth-order valence-corrected chi connectivity index (χ4v) is 1.77. The van der Waals surface area contributed by atoms with Gasteiger partial charge in [0.25, 0.3) is 0 Å². The second kappa shape index (κ2) is 4.17. The van der Waals surface area contributed by atoms with E-state index in [9.17, 15) is 4.79 Å². The molecule has 1 unspecified atom stereocenters. The Morgan fingerprint density at radius 3 is 2.94 bits per heavy atom. The highest BCUT2D eigenvalue weighted by molar-refractivity contribution is 5.74. The first kappa shape index (κ1) is 11.0. The smallest absolute Gasteiger partial charge is 0.313 e. The highest BCUT2D eigenvalue weighted by atomic mass is 16.5. The van der Waals surface area contributed by atoms with E-state index in [1.54, 1.807) is 6.92 Å². The van der Waals surface area contributed by atoms with Crippen LogP contribution in [-0.4, -0.2) is 27.7 Å². The molecule has 2 heterocycles. The molecule has 0 saturated carbocycles. The summed E-state index contributed by atoms with van der Waals surface area (Å²) in [4.78, 5) is 19.4. The van der Waals surface area contributed by atoms with Crippen LogP contribution in [0.15, 0.2) is 0 Å². The number of carboxylic acid groups (broad SMARTS) is 1. The van der Waals surface area contributed by atoms with Crippen molar-refractivity contribution in [2.24, 2.45) is 0 Å². The van der Waals surface area contributed by atoms with Crippen LogP contribution in [0.3, 0.4) is 0 Å². The van der Waals surface area contributed by atoms with Crippen LogP contribution in [0.25, 0.3) is 0 Å². The van der Waals surface area contributed by atoms with Gasteiger partial charge in [-0.1, -0.05) is 0 Å². The largest absolute Gasteiger partial charge is 0.481 e. The minimum absolute atomic E-state index is 0.370. The zero-order valence-corrected chi connectivity index (χ0v) is 9.36. The lowest BCUT2D eigenvalue weighted by Gasteiger charge is -2.18. The van der Waals surface area contributed by atoms with Gasteiger partial charge in [0.15, 0.2) is 0 Å². The molecule has 16 heavy (non-hydrogen) atoms. The molecule has 0 saturated heterocycles. The molecule has 1 atom stereocenters. The van der Waals surface area contributed by atoms with Gasteiger partial charge in [0.05, 0.1) is 18.9 Å². The molecule has 1 N–H and O–H groups in total. The number of hydrogen-bond acceptors (Lipinski definition) is 4. The van der Waals surface area contributed by atoms with Crippen LogP contribution in [0.5, 0.6) is 0 Å². The van der Waals surface area contributed by atoms with E-state index < -0.39 is 11.9 Å². The Morgan fingerprint density at radius 2 is 2.25 bits per heavy atom. The molecule has 1 aromatic heterocycles. The maximum Gasteiger partial charge on any atom is 0.313 e. The third kappa shape index (κ3) is 1.90. The minimum Gasteiger partial charge on any atom is -0.481 e. The molecule has 0 radical (unpaired) electrons. The number of aromatic nitrogens is 2. The monoisotopic (exact) mass is 222 g/mol. The molecule has 0 fully saturated rings. The van der Waals surface area contributed by atoms with Crippen molar-refractivity contribution in [2.75, 3.05) is 6.61 Å². The average molecular weight is 222 g/mol. The summed E-state index contributed by atoms with van der Waals surface area (Å²) < 4.78 is 5.31. The normalized spacial score (nSPS) is 16.6. The number of aliphatic carboxylic acids is 1. The number of carboxylic acids is 1. The lowest BCUT2D eigenvalue weighted by Crippen LogP contribution is -2.19. The summed E-state index contributed by atoms with van der Waals surface area (Å²) in [6.45, 7) is 4.63. The van der Waals surface area contributed by atoms with Crippen LogP contribution in [0, 0.1) is 6.92 Å². The van der Waals surface area contributed by atoms with Crippen LogP contribution in [-0.2, 0) is 22.6 Å². The number of nitrogens with zero attached hydrogens (tertiary/aromatic N) is 2. The van der Waals surface area contributed by atoms with Crippen molar-refractivity contribution < 1.29 is 14.6 Å². The van der Waals surface area contributed by atoms with Crippen LogP contribution < -0.4 is 0 Å². The van der Waals surface area contributed by atoms with Gasteiger partial charge in [-0.25, -0.2) is 9.97 Å². The Balaban J connectivity index is 2.42. The molecule has 86 valence electrons. The number of aryl methyl sites for hydroxylation is 1. The number of carbonyl (C=O) groups is 1. The van der Waals surface area contributed by atoms with E-state index in [-0.39, 0.29) is 0 Å². The Bertz CT molecular complexity index is 431. The summed E-state index contributed by atoms with van der Waals surface area (Å²) in [5, 5.41) is 8.92. The van der Waals surface area contributed by atoms with Gasteiger partial charge in [0.2, 0.25) is 0 Å². The molecule has 1 aromatic rings. The van der Waals surface area contributed by atoms with Gasteiger partial charge in [-0.2, -0.15) is 0 Å². The van der Waals surface area contributed by atoms with Crippen molar-refractivity contribution in [2.45, 2.75) is 32.8 Å². The molecule has 5 heteroatoms. The number of ether oxygens (including phenoxy) is 1. The SMILES string of the molecule is Cc1nc(C(C)C(=O)O)nc2c1CCOC2. The van der Waals surface area contributed by atoms with Crippen molar-refractivity contribution in [1.82, 2.24) is 9.97 Å². The van der Waals surface area contributed by atoms with Crippen molar-refractivity contribution in [3.8, 4) is 0 Å². The number of rotatable bonds is 2. The molecule has 0 aliphatic carbocycles. The Kier molecular flexibility index (Phi) is 2.87. The third-order valence-electron chi connectivity index (χ3n) is 2.81. The highest BCUT2D eigenvalue weighted by Crippen LogP contribution is 2.20. The van der Waals surface area contributed by atoms with Crippen molar-refractivity contribution in [3.05, 3.63) is 22.8 Å². The first-order valence-electron chi connectivity index (χ1n) is 5.26. The Hall–Kier alpha value is -1.49. The predicted molar refractivity (Wildman–Crippen MR) is 56.2 cm³/mol. The average Bonchev–Trinajstić information content (AvgIpc) is 2.28. The molecule has 1 aliphatic rings. The van der Waals surface area contributed by atoms with Crippen molar-refractivity contribution >= 4 is 5.97 Å². The Labute approximate surface area is 93.5 Å². The highest BCUT2D eigenvalue weighted by Gasteiger charge is 2.21. The van der Waals surface area contributed by atoms with E-state index in [2.05, 4.69) is 9.97 Å². The molecule has 0 spiro atoms. The van der Waals surface area contributed by atoms with Gasteiger partial charge in [-0.15, -0.1) is 0 Å². The van der Waals surface area contributed by atoms with Crippen molar-refractivity contribution in [3.63, 3.8) is 0 Å². The quantitative estimate of drug-likeness (QED) is 0.809. The van der Waals surface area contributed by atoms with E-state index >= 15 is 0 Å². The van der Waals surface area contributed by atoms with E-state index in [1.165, 1.54) is 0 Å². The topological polar surface area (TPSA) is 72.3 Å². The maximum absolute atomic E-state index is 10.9. The van der Waals surface area contributed by atoms with Crippen molar-refractivity contribution in [1.29, 1.82) is 0 Å². The molecular formula is C11H14N2O3. The maximum atomic E-state index is 10.9. The molecule has 0 aromatic carbocycles. The van der Waals surface area contributed by atoms with Gasteiger partial charge in [-0.05, 0) is 25.8 Å². The zero-order valence-electron chi connectivity index (χ0n) is 9.36. The van der Waals surface area contributed by atoms with Gasteiger partial charge < -0.3 is 9.84 Å². The summed E-state index contributed by atoms with van der Waals surface area (Å²) >= 11 is 0. The fourth-order valence-electron chi connectivity index (χ4n) is 1.77. The van der Waals surface area contributed by atoms with Crippen LogP contribution in [0.1, 0.15) is 35.6 Å². The lowest BCUT2D eigenvalue weighted by atomic mass is 10.1. The van der Waals surface area contributed by atoms with E-state index in [4.69, 9.17) is 9.84 Å². The van der Waals surface area contributed by atoms with Crippen LogP contribution in [0.2, 0.25) is 0 Å². The summed E-state index contributed by atoms with van der Waals surface area (Å²) in [7, 11) is 0. The summed E-state index contributed by atoms with van der Waals surface area (Å²) in [5.41, 5.74) is 2.81. The van der Waals surface area contributed by atoms with E-state index in [0.717, 1.165) is 23.4 Å². The minimum atomic E-state index is -0.906. The predicted octanol–water partition coefficient (Wildman–Crippen LogP) is 1.05. The molecule has 0 bridgehead atoms. The van der Waals surface area contributed by atoms with Gasteiger partial charge in [0, 0.05) is 5.69 Å². The van der Waals surface area contributed by atoms with Gasteiger partial charge in [0.1, 0.15) is 11.7 Å². The van der Waals surface area contributed by atoms with Crippen LogP contribution >= 0.6 is 0 Å². The summed E-state index contributed by atoms with van der Waals surface area (Å²) in [6, 6.07) is 0. The van der Waals surface area contributed by atoms with Gasteiger partial charge >= 0.3 is 5.97 Å². The molecule has 0 amide bonds. The van der Waals surface area contributed by atoms with Crippen LogP contribution in [0.4, 0.5) is 0 Å². The number of fused-ring (bicyclic) bond motifs is 1. The fraction of sp³-hybridized carbons (Fsp3) is 0.545. The standard InChI is InChI=1S/C11H14N2O3/c1-6(11(14)15)10-12-7(2)8-3-4-16-5-9(8)13-10/h6H,3-5H2,1-2H3,(H,14,15). The third-order valence-corrected chi connectivity index (χ3v) is 2.81. The molecular weight excluding hydrogens is 208 g/mol. The second-order valence-corrected chi connectivity index (χ2v) is 3.95. The zero-order chi connectivity index (χ0) is 11.7. The summed E-state index contributed by atoms with van der Waals surface area (Å²) in [5.74, 6) is -1.21. The Morgan fingerprint density at radius 1 is 1.50 bits per heavy atom. The van der Waals surface area contributed by atoms with E-state index in [0.29, 0.717) is 19.0 Å². The lowest BCUT2D eigenvalue weighted by molar-refractivity contribution is -0.138. The first-order chi connectivity index (χ1) is 7.59. The molecule has 2 rings (SSSR count). The summed E-state index contributed by atoms with van der Waals surface area (Å²) in [6.07, 6.45) is 0.808. The number of hydrogen-bond donors (Lipinski definition) is 1. The first-order valence-corrected chi connectivity index (χ1v) is 5.26. The molecule has 5 nitrogen and oxygen atoms in total.